The van der Waals surface area contributed by atoms with E-state index in [9.17, 15) is 14.4 Å². The number of fused-ring (bicyclic) bond motifs is 3. The Balaban J connectivity index is 2.06. The van der Waals surface area contributed by atoms with Gasteiger partial charge in [0.05, 0.1) is 18.4 Å². The van der Waals surface area contributed by atoms with Crippen LogP contribution in [0.4, 0.5) is 0 Å². The average Bonchev–Trinajstić information content (AvgIpc) is 2.89. The summed E-state index contributed by atoms with van der Waals surface area (Å²) in [5, 5.41) is 0.524. The second-order valence-corrected chi connectivity index (χ2v) is 5.90. The molecule has 2 aromatic rings. The van der Waals surface area contributed by atoms with Crippen molar-refractivity contribution in [1.82, 2.24) is 9.97 Å². The van der Waals surface area contributed by atoms with E-state index in [1.54, 1.807) is 6.92 Å². The molecule has 20 heavy (non-hydrogen) atoms. The number of hydrogen-bond acceptors (Lipinski definition) is 5. The Labute approximate surface area is 117 Å². The molecule has 0 radical (unpaired) electrons. The third-order valence-electron chi connectivity index (χ3n) is 3.55. The van der Waals surface area contributed by atoms with Crippen LogP contribution in [-0.2, 0) is 16.0 Å². The van der Waals surface area contributed by atoms with Gasteiger partial charge in [-0.25, -0.2) is 4.79 Å². The first kappa shape index (κ1) is 13.1. The number of rotatable bonds is 3. The molecule has 1 unspecified atom stereocenters. The van der Waals surface area contributed by atoms with Crippen LogP contribution in [0.1, 0.15) is 36.1 Å². The summed E-state index contributed by atoms with van der Waals surface area (Å²) in [5.74, 6) is -0.240. The van der Waals surface area contributed by atoms with Crippen LogP contribution in [-0.4, -0.2) is 22.5 Å². The van der Waals surface area contributed by atoms with Crippen molar-refractivity contribution in [3.05, 3.63) is 31.3 Å². The zero-order valence-electron chi connectivity index (χ0n) is 10.9. The van der Waals surface area contributed by atoms with Crippen molar-refractivity contribution in [2.45, 2.75) is 32.1 Å². The molecule has 0 aromatic carbocycles. The van der Waals surface area contributed by atoms with Crippen molar-refractivity contribution in [2.24, 2.45) is 0 Å². The predicted octanol–water partition coefficient (Wildman–Crippen LogP) is 1.26. The number of H-pyrrole nitrogens is 2. The van der Waals surface area contributed by atoms with Crippen molar-refractivity contribution in [3.8, 4) is 0 Å². The molecular formula is C13H14N2O4S. The van der Waals surface area contributed by atoms with Gasteiger partial charge in [0.15, 0.2) is 0 Å². The van der Waals surface area contributed by atoms with Gasteiger partial charge in [0, 0.05) is 4.88 Å². The maximum atomic E-state index is 12.0. The number of aromatic nitrogens is 2. The maximum absolute atomic E-state index is 12.0. The Hall–Kier alpha value is -1.89. The molecule has 0 amide bonds. The van der Waals surface area contributed by atoms with Gasteiger partial charge in [-0.3, -0.25) is 19.6 Å². The summed E-state index contributed by atoms with van der Waals surface area (Å²) in [4.78, 5) is 41.5. The minimum Gasteiger partial charge on any atom is -0.466 e. The molecule has 3 rings (SSSR count). The van der Waals surface area contributed by atoms with E-state index in [2.05, 4.69) is 9.97 Å². The van der Waals surface area contributed by atoms with E-state index in [1.165, 1.54) is 11.3 Å². The topological polar surface area (TPSA) is 92.0 Å². The van der Waals surface area contributed by atoms with Crippen molar-refractivity contribution >= 4 is 27.5 Å². The molecule has 0 saturated carbocycles. The van der Waals surface area contributed by atoms with E-state index in [-0.39, 0.29) is 23.9 Å². The van der Waals surface area contributed by atoms with Crippen molar-refractivity contribution in [3.63, 3.8) is 0 Å². The highest BCUT2D eigenvalue weighted by molar-refractivity contribution is 7.18. The molecule has 1 aliphatic carbocycles. The second-order valence-electron chi connectivity index (χ2n) is 4.80. The largest absolute Gasteiger partial charge is 0.466 e. The lowest BCUT2D eigenvalue weighted by molar-refractivity contribution is -0.143. The second kappa shape index (κ2) is 4.90. The number of ether oxygens (including phenoxy) is 1. The Kier molecular flexibility index (Phi) is 3.21. The van der Waals surface area contributed by atoms with E-state index in [0.29, 0.717) is 16.8 Å². The number of thiophene rings is 1. The summed E-state index contributed by atoms with van der Waals surface area (Å²) < 4.78 is 4.98. The van der Waals surface area contributed by atoms with Crippen LogP contribution in [0.25, 0.3) is 10.2 Å². The highest BCUT2D eigenvalue weighted by atomic mass is 32.1. The maximum Gasteiger partial charge on any atom is 0.326 e. The van der Waals surface area contributed by atoms with Crippen LogP contribution in [0, 0.1) is 0 Å². The molecule has 2 N–H and O–H groups in total. The summed E-state index contributed by atoms with van der Waals surface area (Å²) in [6, 6.07) is 0. The third-order valence-corrected chi connectivity index (χ3v) is 4.73. The lowest BCUT2D eigenvalue weighted by atomic mass is 9.98. The smallest absolute Gasteiger partial charge is 0.326 e. The zero-order valence-corrected chi connectivity index (χ0v) is 11.8. The van der Waals surface area contributed by atoms with Gasteiger partial charge in [0.25, 0.3) is 5.56 Å². The van der Waals surface area contributed by atoms with Gasteiger partial charge in [-0.05, 0) is 31.2 Å². The van der Waals surface area contributed by atoms with Crippen LogP contribution >= 0.6 is 11.3 Å². The molecule has 6 nitrogen and oxygen atoms in total. The summed E-state index contributed by atoms with van der Waals surface area (Å²) in [6.45, 7) is 2.13. The third kappa shape index (κ3) is 2.07. The summed E-state index contributed by atoms with van der Waals surface area (Å²) >= 11 is 1.43. The van der Waals surface area contributed by atoms with Gasteiger partial charge in [-0.2, -0.15) is 0 Å². The van der Waals surface area contributed by atoms with Gasteiger partial charge >= 0.3 is 11.7 Å². The number of hydrogen-bond donors (Lipinski definition) is 2. The molecule has 2 heterocycles. The fraction of sp³-hybridized carbons (Fsp3) is 0.462. The lowest BCUT2D eigenvalue weighted by Gasteiger charge is -2.09. The molecule has 7 heteroatoms. The van der Waals surface area contributed by atoms with E-state index >= 15 is 0 Å². The fourth-order valence-corrected chi connectivity index (χ4v) is 4.09. The Bertz CT molecular complexity index is 786. The minimum absolute atomic E-state index is 0.00445. The minimum atomic E-state index is -0.496. The Morgan fingerprint density at radius 1 is 1.40 bits per heavy atom. The lowest BCUT2D eigenvalue weighted by Crippen LogP contribution is -2.22. The first-order chi connectivity index (χ1) is 9.60. The summed E-state index contributed by atoms with van der Waals surface area (Å²) in [6.07, 6.45) is 1.96. The molecule has 0 saturated heterocycles. The molecule has 0 aliphatic heterocycles. The normalized spacial score (nSPS) is 17.4. The SMILES string of the molecule is CCOC(=O)CC1CCc2sc3[nH]c(=O)[nH]c(=O)c3c21. The summed E-state index contributed by atoms with van der Waals surface area (Å²) in [7, 11) is 0. The molecule has 2 aromatic heterocycles. The number of aromatic amines is 2. The van der Waals surface area contributed by atoms with Crippen molar-refractivity contribution < 1.29 is 9.53 Å². The first-order valence-corrected chi connectivity index (χ1v) is 7.35. The highest BCUT2D eigenvalue weighted by Crippen LogP contribution is 2.43. The molecule has 0 bridgehead atoms. The molecular weight excluding hydrogens is 280 g/mol. The number of carbonyl (C=O) groups is 1. The van der Waals surface area contributed by atoms with Gasteiger partial charge < -0.3 is 4.74 Å². The zero-order chi connectivity index (χ0) is 14.3. The average molecular weight is 294 g/mol. The van der Waals surface area contributed by atoms with E-state index in [1.807, 2.05) is 0 Å². The van der Waals surface area contributed by atoms with Gasteiger partial charge in [-0.15, -0.1) is 11.3 Å². The number of esters is 1. The van der Waals surface area contributed by atoms with E-state index in [4.69, 9.17) is 4.74 Å². The van der Waals surface area contributed by atoms with Gasteiger partial charge in [0.1, 0.15) is 4.83 Å². The van der Waals surface area contributed by atoms with E-state index < -0.39 is 5.69 Å². The fourth-order valence-electron chi connectivity index (χ4n) is 2.80. The molecule has 0 spiro atoms. The first-order valence-electron chi connectivity index (χ1n) is 6.53. The van der Waals surface area contributed by atoms with Crippen LogP contribution < -0.4 is 11.2 Å². The Morgan fingerprint density at radius 2 is 2.20 bits per heavy atom. The van der Waals surface area contributed by atoms with Crippen molar-refractivity contribution in [1.29, 1.82) is 0 Å². The van der Waals surface area contributed by atoms with Crippen molar-refractivity contribution in [2.75, 3.05) is 6.61 Å². The molecule has 1 aliphatic rings. The molecule has 1 atom stereocenters. The van der Waals surface area contributed by atoms with E-state index in [0.717, 1.165) is 23.3 Å². The quantitative estimate of drug-likeness (QED) is 0.834. The summed E-state index contributed by atoms with van der Waals surface area (Å²) in [5.41, 5.74) is 0.0388. The van der Waals surface area contributed by atoms with Gasteiger partial charge in [0.2, 0.25) is 0 Å². The molecule has 0 fully saturated rings. The number of nitrogens with one attached hydrogen (secondary N) is 2. The highest BCUT2D eigenvalue weighted by Gasteiger charge is 2.30. The van der Waals surface area contributed by atoms with Crippen LogP contribution in [0.3, 0.4) is 0 Å². The standard InChI is InChI=1S/C13H14N2O4S/c1-2-19-8(16)5-6-3-4-7-9(6)10-11(17)14-13(18)15-12(10)20-7/h6H,2-5H2,1H3,(H2,14,15,17,18). The van der Waals surface area contributed by atoms with Crippen LogP contribution in [0.2, 0.25) is 0 Å². The number of aryl methyl sites for hydroxylation is 1. The monoisotopic (exact) mass is 294 g/mol. The molecule has 106 valence electrons. The van der Waals surface area contributed by atoms with Crippen LogP contribution in [0.5, 0.6) is 0 Å². The predicted molar refractivity (Wildman–Crippen MR) is 75.4 cm³/mol. The number of carbonyl (C=O) groups excluding carboxylic acids is 1. The van der Waals surface area contributed by atoms with Crippen LogP contribution in [0.15, 0.2) is 9.59 Å². The Morgan fingerprint density at radius 3 is 2.95 bits per heavy atom. The van der Waals surface area contributed by atoms with Gasteiger partial charge in [-0.1, -0.05) is 0 Å².